The molecule has 0 fully saturated rings. The number of thiazole rings is 1. The summed E-state index contributed by atoms with van der Waals surface area (Å²) in [7, 11) is 0. The number of halogens is 3. The highest BCUT2D eigenvalue weighted by molar-refractivity contribution is 7.15. The van der Waals surface area contributed by atoms with Gasteiger partial charge in [0.1, 0.15) is 10.8 Å². The van der Waals surface area contributed by atoms with Gasteiger partial charge < -0.3 is 9.84 Å². The Balaban J connectivity index is 1.60. The third-order valence-electron chi connectivity index (χ3n) is 4.87. The van der Waals surface area contributed by atoms with Gasteiger partial charge in [-0.05, 0) is 55.7 Å². The molecule has 0 aliphatic carbocycles. The monoisotopic (exact) mass is 449 g/mol. The van der Waals surface area contributed by atoms with E-state index in [0.29, 0.717) is 35.8 Å². The predicted molar refractivity (Wildman–Crippen MR) is 114 cm³/mol. The van der Waals surface area contributed by atoms with E-state index in [1.54, 1.807) is 0 Å². The molecule has 31 heavy (non-hydrogen) atoms. The summed E-state index contributed by atoms with van der Waals surface area (Å²) < 4.78 is 44.0. The molecule has 0 saturated carbocycles. The molecular formula is C23H22F3NO3S. The van der Waals surface area contributed by atoms with Crippen molar-refractivity contribution in [2.45, 2.75) is 39.3 Å². The van der Waals surface area contributed by atoms with Gasteiger partial charge in [0.15, 0.2) is 0 Å². The van der Waals surface area contributed by atoms with Crippen molar-refractivity contribution in [3.05, 3.63) is 69.7 Å². The highest BCUT2D eigenvalue weighted by Crippen LogP contribution is 2.33. The first-order valence-corrected chi connectivity index (χ1v) is 10.5. The Morgan fingerprint density at radius 3 is 2.42 bits per heavy atom. The molecular weight excluding hydrogens is 427 g/mol. The predicted octanol–water partition coefficient (Wildman–Crippen LogP) is 6.08. The number of carboxylic acid groups (broad SMARTS) is 1. The molecule has 0 atom stereocenters. The van der Waals surface area contributed by atoms with Crippen LogP contribution in [0.4, 0.5) is 13.2 Å². The molecule has 1 N–H and O–H groups in total. The van der Waals surface area contributed by atoms with Gasteiger partial charge in [0.2, 0.25) is 0 Å². The van der Waals surface area contributed by atoms with Gasteiger partial charge in [-0.3, -0.25) is 4.79 Å². The molecule has 0 unspecified atom stereocenters. The minimum Gasteiger partial charge on any atom is -0.493 e. The Bertz CT molecular complexity index is 1060. The van der Waals surface area contributed by atoms with Gasteiger partial charge in [0, 0.05) is 23.3 Å². The summed E-state index contributed by atoms with van der Waals surface area (Å²) in [6, 6.07) is 10.6. The normalized spacial score (nSPS) is 11.5. The third kappa shape index (κ3) is 6.07. The maximum atomic E-state index is 12.7. The van der Waals surface area contributed by atoms with E-state index in [2.05, 4.69) is 4.98 Å². The van der Waals surface area contributed by atoms with Crippen LogP contribution in [0.2, 0.25) is 0 Å². The van der Waals surface area contributed by atoms with Crippen LogP contribution in [0.5, 0.6) is 5.75 Å². The van der Waals surface area contributed by atoms with E-state index >= 15 is 0 Å². The van der Waals surface area contributed by atoms with Crippen molar-refractivity contribution in [1.29, 1.82) is 0 Å². The van der Waals surface area contributed by atoms with Crippen molar-refractivity contribution >= 4 is 17.3 Å². The van der Waals surface area contributed by atoms with Gasteiger partial charge >= 0.3 is 12.1 Å². The summed E-state index contributed by atoms with van der Waals surface area (Å²) in [4.78, 5) is 16.2. The zero-order valence-electron chi connectivity index (χ0n) is 17.1. The number of aromatic nitrogens is 1. The Hall–Kier alpha value is -2.87. The molecule has 3 aromatic rings. The number of carbonyl (C=O) groups is 1. The second-order valence-corrected chi connectivity index (χ2v) is 8.27. The fourth-order valence-electron chi connectivity index (χ4n) is 3.13. The van der Waals surface area contributed by atoms with Crippen LogP contribution in [0, 0.1) is 13.8 Å². The number of carboxylic acids is 1. The maximum Gasteiger partial charge on any atom is 0.416 e. The van der Waals surface area contributed by atoms with Crippen LogP contribution in [0.3, 0.4) is 0 Å². The van der Waals surface area contributed by atoms with Crippen LogP contribution in [-0.4, -0.2) is 22.7 Å². The third-order valence-corrected chi connectivity index (χ3v) is 6.14. The minimum atomic E-state index is -4.35. The van der Waals surface area contributed by atoms with Crippen molar-refractivity contribution in [1.82, 2.24) is 4.98 Å². The average molecular weight is 449 g/mol. The van der Waals surface area contributed by atoms with Crippen LogP contribution < -0.4 is 4.74 Å². The molecule has 4 nitrogen and oxygen atoms in total. The van der Waals surface area contributed by atoms with E-state index in [1.165, 1.54) is 23.5 Å². The molecule has 1 heterocycles. The van der Waals surface area contributed by atoms with Gasteiger partial charge in [0.05, 0.1) is 17.9 Å². The lowest BCUT2D eigenvalue weighted by atomic mass is 10.0. The van der Waals surface area contributed by atoms with E-state index in [4.69, 9.17) is 9.84 Å². The second-order valence-electron chi connectivity index (χ2n) is 7.18. The lowest BCUT2D eigenvalue weighted by Crippen LogP contribution is -2.03. The van der Waals surface area contributed by atoms with E-state index in [-0.39, 0.29) is 6.42 Å². The van der Waals surface area contributed by atoms with E-state index < -0.39 is 17.7 Å². The van der Waals surface area contributed by atoms with Crippen molar-refractivity contribution in [3.63, 3.8) is 0 Å². The number of aliphatic carboxylic acids is 1. The van der Waals surface area contributed by atoms with Crippen molar-refractivity contribution < 1.29 is 27.8 Å². The Labute approximate surface area is 182 Å². The SMILES string of the molecule is Cc1cc(OCCc2sc(-c3ccc(C(F)(F)F)cc3)nc2C)ccc1CCC(=O)O. The Kier molecular flexibility index (Phi) is 7.00. The highest BCUT2D eigenvalue weighted by Gasteiger charge is 2.30. The second kappa shape index (κ2) is 9.51. The summed E-state index contributed by atoms with van der Waals surface area (Å²) in [6.07, 6.45) is -3.15. The number of rotatable bonds is 8. The number of hydrogen-bond donors (Lipinski definition) is 1. The number of alkyl halides is 3. The molecule has 8 heteroatoms. The fourth-order valence-corrected chi connectivity index (χ4v) is 4.18. The summed E-state index contributed by atoms with van der Waals surface area (Å²) in [5.41, 5.74) is 2.78. The molecule has 164 valence electrons. The fraction of sp³-hybridized carbons (Fsp3) is 0.304. The molecule has 0 saturated heterocycles. The van der Waals surface area contributed by atoms with Gasteiger partial charge in [-0.2, -0.15) is 13.2 Å². The molecule has 3 rings (SSSR count). The topological polar surface area (TPSA) is 59.4 Å². The van der Waals surface area contributed by atoms with Gasteiger partial charge in [-0.25, -0.2) is 4.98 Å². The number of aryl methyl sites for hydroxylation is 3. The van der Waals surface area contributed by atoms with Gasteiger partial charge in [-0.1, -0.05) is 18.2 Å². The zero-order chi connectivity index (χ0) is 22.6. The van der Waals surface area contributed by atoms with Crippen molar-refractivity contribution in [2.24, 2.45) is 0 Å². The van der Waals surface area contributed by atoms with E-state index in [1.807, 2.05) is 32.0 Å². The Morgan fingerprint density at radius 2 is 1.81 bits per heavy atom. The smallest absolute Gasteiger partial charge is 0.416 e. The molecule has 0 aliphatic rings. The number of nitrogens with zero attached hydrogens (tertiary/aromatic N) is 1. The minimum absolute atomic E-state index is 0.0902. The molecule has 0 aliphatic heterocycles. The Morgan fingerprint density at radius 1 is 1.10 bits per heavy atom. The van der Waals surface area contributed by atoms with Crippen LogP contribution in [0.15, 0.2) is 42.5 Å². The molecule has 0 amide bonds. The lowest BCUT2D eigenvalue weighted by Gasteiger charge is -2.09. The summed E-state index contributed by atoms with van der Waals surface area (Å²) >= 11 is 1.45. The molecule has 0 radical (unpaired) electrons. The highest BCUT2D eigenvalue weighted by atomic mass is 32.1. The molecule has 0 bridgehead atoms. The quantitative estimate of drug-likeness (QED) is 0.453. The zero-order valence-corrected chi connectivity index (χ0v) is 17.9. The van der Waals surface area contributed by atoms with Crippen LogP contribution >= 0.6 is 11.3 Å². The molecule has 1 aromatic heterocycles. The number of hydrogen-bond acceptors (Lipinski definition) is 4. The van der Waals surface area contributed by atoms with Crippen molar-refractivity contribution in [2.75, 3.05) is 6.61 Å². The lowest BCUT2D eigenvalue weighted by molar-refractivity contribution is -0.138. The van der Waals surface area contributed by atoms with E-state index in [9.17, 15) is 18.0 Å². The van der Waals surface area contributed by atoms with E-state index in [0.717, 1.165) is 33.8 Å². The molecule has 2 aromatic carbocycles. The van der Waals surface area contributed by atoms with Crippen LogP contribution in [0.25, 0.3) is 10.6 Å². The standard InChI is InChI=1S/C23H22F3NO3S/c1-14-13-19(9-5-16(14)6-10-21(28)29)30-12-11-20-15(2)27-22(31-20)17-3-7-18(8-4-17)23(24,25)26/h3-5,7-9,13H,6,10-12H2,1-2H3,(H,28,29). The first kappa shape index (κ1) is 22.8. The van der Waals surface area contributed by atoms with Crippen LogP contribution in [0.1, 0.15) is 33.7 Å². The number of benzene rings is 2. The van der Waals surface area contributed by atoms with Crippen LogP contribution in [-0.2, 0) is 23.8 Å². The largest absolute Gasteiger partial charge is 0.493 e. The maximum absolute atomic E-state index is 12.7. The molecule has 0 spiro atoms. The first-order chi connectivity index (χ1) is 14.6. The summed E-state index contributed by atoms with van der Waals surface area (Å²) in [6.45, 7) is 4.23. The summed E-state index contributed by atoms with van der Waals surface area (Å²) in [5, 5.41) is 9.49. The summed E-state index contributed by atoms with van der Waals surface area (Å²) in [5.74, 6) is -0.114. The first-order valence-electron chi connectivity index (χ1n) is 9.71. The van der Waals surface area contributed by atoms with Gasteiger partial charge in [0.25, 0.3) is 0 Å². The number of ether oxygens (including phenoxy) is 1. The average Bonchev–Trinajstić information content (AvgIpc) is 3.07. The van der Waals surface area contributed by atoms with Crippen molar-refractivity contribution in [3.8, 4) is 16.3 Å². The van der Waals surface area contributed by atoms with Gasteiger partial charge in [-0.15, -0.1) is 11.3 Å².